The molecule has 3 aromatic carbocycles. The Balaban J connectivity index is 1.49. The van der Waals surface area contributed by atoms with E-state index in [1.54, 1.807) is 18.2 Å². The first-order valence-electron chi connectivity index (χ1n) is 14.4. The van der Waals surface area contributed by atoms with Gasteiger partial charge in [-0.15, -0.1) is 0 Å². The molecule has 4 nitrogen and oxygen atoms in total. The van der Waals surface area contributed by atoms with Crippen molar-refractivity contribution in [2.75, 3.05) is 6.16 Å². The van der Waals surface area contributed by atoms with Crippen molar-refractivity contribution in [2.24, 2.45) is 0 Å². The van der Waals surface area contributed by atoms with Gasteiger partial charge in [0.05, 0.1) is 0 Å². The number of halogens is 3. The van der Waals surface area contributed by atoms with Crippen LogP contribution in [0.15, 0.2) is 72.8 Å². The number of hydrogen-bond acceptors (Lipinski definition) is 3. The topological polar surface area (TPSA) is 52.6 Å². The van der Waals surface area contributed by atoms with E-state index in [0.717, 1.165) is 22.3 Å². The zero-order valence-electron chi connectivity index (χ0n) is 24.4. The summed E-state index contributed by atoms with van der Waals surface area (Å²) >= 11 is 0. The Morgan fingerprint density at radius 2 is 1.24 bits per heavy atom. The summed E-state index contributed by atoms with van der Waals surface area (Å²) in [5.41, 5.74) is -0.892. The number of benzene rings is 3. The number of unbranched alkanes of at least 4 members (excludes halogenated alkanes) is 2. The van der Waals surface area contributed by atoms with Crippen LogP contribution in [0, 0.1) is 17.5 Å². The third-order valence-corrected chi connectivity index (χ3v) is 13.4. The van der Waals surface area contributed by atoms with E-state index >= 15 is 0 Å². The first-order chi connectivity index (χ1) is 19.3. The molecule has 41 heavy (non-hydrogen) atoms. The van der Waals surface area contributed by atoms with Crippen molar-refractivity contribution >= 4 is 29.1 Å². The van der Waals surface area contributed by atoms with Crippen LogP contribution in [0.2, 0.25) is 0 Å². The van der Waals surface area contributed by atoms with Crippen molar-refractivity contribution in [3.05, 3.63) is 90.2 Å². The fourth-order valence-electron chi connectivity index (χ4n) is 6.72. The van der Waals surface area contributed by atoms with E-state index in [2.05, 4.69) is 5.32 Å². The minimum atomic E-state index is -3.02. The van der Waals surface area contributed by atoms with Gasteiger partial charge in [0.2, 0.25) is 0 Å². The molecular weight excluding hydrogens is 544 g/mol. The molecule has 0 aromatic heterocycles. The molecule has 2 N–H and O–H groups in total. The van der Waals surface area contributed by atoms with Gasteiger partial charge in [0.1, 0.15) is 0 Å². The van der Waals surface area contributed by atoms with Gasteiger partial charge in [-0.2, -0.15) is 0 Å². The fraction of sp³-hybridized carbons (Fsp3) is 0.424. The number of nitrogens with one attached hydrogen (secondary N) is 1. The number of hydroxylamine groups is 2. The third kappa shape index (κ3) is 7.20. The van der Waals surface area contributed by atoms with Gasteiger partial charge in [-0.3, -0.25) is 0 Å². The van der Waals surface area contributed by atoms with Gasteiger partial charge in [0, 0.05) is 0 Å². The molecular formula is C33H42F3N2O2P. The molecule has 0 radical (unpaired) electrons. The maximum atomic E-state index is 14.5. The van der Waals surface area contributed by atoms with Crippen LogP contribution in [-0.4, -0.2) is 39.5 Å². The van der Waals surface area contributed by atoms with Gasteiger partial charge in [-0.25, -0.2) is 0 Å². The molecule has 0 unspecified atom stereocenters. The molecule has 1 saturated heterocycles. The van der Waals surface area contributed by atoms with Gasteiger partial charge in [-0.1, -0.05) is 0 Å². The Hall–Kier alpha value is -2.73. The van der Waals surface area contributed by atoms with Crippen molar-refractivity contribution < 1.29 is 23.2 Å². The molecule has 1 aliphatic heterocycles. The van der Waals surface area contributed by atoms with Gasteiger partial charge >= 0.3 is 242 Å². The van der Waals surface area contributed by atoms with Crippen LogP contribution in [0.25, 0.3) is 0 Å². The zero-order chi connectivity index (χ0) is 29.8. The summed E-state index contributed by atoms with van der Waals surface area (Å²) in [6, 6.07) is 19.1. The van der Waals surface area contributed by atoms with Gasteiger partial charge in [-0.05, 0) is 0 Å². The first-order valence-corrected chi connectivity index (χ1v) is 16.6. The standard InChI is InChI=1S/C33H42F3N2O2P/c1-32(2)22-27(23-33(3,4)38(32)40)37-31(39)17-6-5-7-18-41(28-14-8-11-24(34)19-28,29-15-9-12-25(35)20-29)30-16-10-13-26(36)21-30/h8-16,19-21,27,40-41H,5-7,17-18,22-23H2,1-4H3,(H,37,39). The Morgan fingerprint density at radius 3 is 1.66 bits per heavy atom. The first kappa shape index (κ1) is 31.2. The average molecular weight is 587 g/mol. The molecule has 0 saturated carbocycles. The van der Waals surface area contributed by atoms with E-state index in [1.807, 2.05) is 45.9 Å². The van der Waals surface area contributed by atoms with Crippen molar-refractivity contribution in [3.63, 3.8) is 0 Å². The second-order valence-electron chi connectivity index (χ2n) is 12.6. The van der Waals surface area contributed by atoms with Gasteiger partial charge in [0.25, 0.3) is 0 Å². The number of nitrogens with zero attached hydrogens (tertiary/aromatic N) is 1. The fourth-order valence-corrected chi connectivity index (χ4v) is 11.7. The van der Waals surface area contributed by atoms with Crippen LogP contribution in [-0.2, 0) is 4.79 Å². The summed E-state index contributed by atoms with van der Waals surface area (Å²) < 4.78 is 43.6. The number of carbonyl (C=O) groups is 1. The van der Waals surface area contributed by atoms with E-state index in [4.69, 9.17) is 0 Å². The summed E-state index contributed by atoms with van der Waals surface area (Å²) in [6.07, 6.45) is 4.41. The Bertz CT molecular complexity index is 1230. The summed E-state index contributed by atoms with van der Waals surface area (Å²) in [4.78, 5) is 12.8. The Morgan fingerprint density at radius 1 is 0.805 bits per heavy atom. The van der Waals surface area contributed by atoms with Crippen LogP contribution in [0.4, 0.5) is 13.2 Å². The van der Waals surface area contributed by atoms with E-state index < -0.39 is 18.3 Å². The molecule has 3 aromatic rings. The van der Waals surface area contributed by atoms with Crippen LogP contribution in [0.1, 0.15) is 66.2 Å². The molecule has 8 heteroatoms. The summed E-state index contributed by atoms with van der Waals surface area (Å²) in [7, 11) is -3.02. The predicted octanol–water partition coefficient (Wildman–Crippen LogP) is 6.22. The number of amides is 1. The molecule has 222 valence electrons. The normalized spacial score (nSPS) is 17.8. The monoisotopic (exact) mass is 586 g/mol. The number of piperidine rings is 1. The second-order valence-corrected chi connectivity index (χ2v) is 16.6. The summed E-state index contributed by atoms with van der Waals surface area (Å²) in [5, 5.41) is 17.4. The van der Waals surface area contributed by atoms with Crippen LogP contribution in [0.5, 0.6) is 0 Å². The third-order valence-electron chi connectivity index (χ3n) is 8.41. The average Bonchev–Trinajstić information content (AvgIpc) is 2.89. The van der Waals surface area contributed by atoms with Gasteiger partial charge < -0.3 is 0 Å². The molecule has 0 atom stereocenters. The second kappa shape index (κ2) is 12.6. The molecule has 1 aliphatic rings. The number of carbonyl (C=O) groups excluding carboxylic acids is 1. The Labute approximate surface area is 242 Å². The molecule has 4 rings (SSSR count). The molecule has 0 spiro atoms. The quantitative estimate of drug-likeness (QED) is 0.219. The number of hydrogen-bond donors (Lipinski definition) is 2. The maximum absolute atomic E-state index is 14.5. The molecule has 0 aliphatic carbocycles. The summed E-state index contributed by atoms with van der Waals surface area (Å²) in [5.74, 6) is -1.18. The van der Waals surface area contributed by atoms with Crippen molar-refractivity contribution in [3.8, 4) is 0 Å². The van der Waals surface area contributed by atoms with Crippen LogP contribution >= 0.6 is 7.26 Å². The van der Waals surface area contributed by atoms with Gasteiger partial charge in [0.15, 0.2) is 0 Å². The van der Waals surface area contributed by atoms with Crippen molar-refractivity contribution in [1.29, 1.82) is 0 Å². The van der Waals surface area contributed by atoms with E-state index in [0.29, 0.717) is 38.3 Å². The molecule has 0 bridgehead atoms. The van der Waals surface area contributed by atoms with Crippen molar-refractivity contribution in [2.45, 2.75) is 83.3 Å². The van der Waals surface area contributed by atoms with Crippen molar-refractivity contribution in [1.82, 2.24) is 10.4 Å². The number of rotatable bonds is 10. The minimum absolute atomic E-state index is 0.0168. The SMILES string of the molecule is CC1(C)CC(NC(=O)CCCCC[PH](c2cccc(F)c2)(c2cccc(F)c2)c2cccc(F)c2)CC(C)(C)N1O. The van der Waals surface area contributed by atoms with E-state index in [1.165, 1.54) is 41.5 Å². The molecule has 1 fully saturated rings. The molecule has 1 heterocycles. The predicted molar refractivity (Wildman–Crippen MR) is 163 cm³/mol. The van der Waals surface area contributed by atoms with E-state index in [9.17, 15) is 23.2 Å². The van der Waals surface area contributed by atoms with Crippen LogP contribution < -0.4 is 21.2 Å². The zero-order valence-corrected chi connectivity index (χ0v) is 25.4. The Kier molecular flexibility index (Phi) is 9.63. The summed E-state index contributed by atoms with van der Waals surface area (Å²) in [6.45, 7) is 7.89. The van der Waals surface area contributed by atoms with Crippen LogP contribution in [0.3, 0.4) is 0 Å². The molecule has 1 amide bonds. The van der Waals surface area contributed by atoms with E-state index in [-0.39, 0.29) is 29.4 Å².